The highest BCUT2D eigenvalue weighted by Gasteiger charge is 2.24. The second-order valence-electron chi connectivity index (χ2n) is 6.30. The summed E-state index contributed by atoms with van der Waals surface area (Å²) >= 11 is 0. The zero-order valence-electron chi connectivity index (χ0n) is 13.5. The van der Waals surface area contributed by atoms with Crippen molar-refractivity contribution < 1.29 is 4.79 Å². The van der Waals surface area contributed by atoms with Gasteiger partial charge in [-0.3, -0.25) is 4.79 Å². The molecule has 116 valence electrons. The van der Waals surface area contributed by atoms with E-state index < -0.39 is 0 Å². The standard InChI is InChI=1S/C16H26N4O/c1-18(2)12-13-7-9-20(10-8-13)16(21)14-5-6-15(17-11-14)19(3)4/h5-6,11,13H,7-10,12H2,1-4H3. The van der Waals surface area contributed by atoms with E-state index >= 15 is 0 Å². The van der Waals surface area contributed by atoms with Crippen LogP contribution < -0.4 is 4.90 Å². The van der Waals surface area contributed by atoms with Crippen molar-refractivity contribution in [3.8, 4) is 0 Å². The van der Waals surface area contributed by atoms with E-state index in [-0.39, 0.29) is 5.91 Å². The molecule has 2 heterocycles. The molecule has 1 aliphatic rings. The fourth-order valence-corrected chi connectivity index (χ4v) is 2.79. The van der Waals surface area contributed by atoms with Crippen LogP contribution in [0.25, 0.3) is 0 Å². The van der Waals surface area contributed by atoms with Crippen molar-refractivity contribution >= 4 is 11.7 Å². The highest BCUT2D eigenvalue weighted by Crippen LogP contribution is 2.20. The van der Waals surface area contributed by atoms with Crippen LogP contribution in [-0.2, 0) is 0 Å². The molecule has 1 aromatic heterocycles. The van der Waals surface area contributed by atoms with Gasteiger partial charge in [-0.15, -0.1) is 0 Å². The normalized spacial score (nSPS) is 16.3. The van der Waals surface area contributed by atoms with Crippen molar-refractivity contribution in [1.29, 1.82) is 0 Å². The quantitative estimate of drug-likeness (QED) is 0.844. The minimum atomic E-state index is 0.108. The third-order valence-corrected chi connectivity index (χ3v) is 3.98. The van der Waals surface area contributed by atoms with Gasteiger partial charge in [0.05, 0.1) is 5.56 Å². The molecule has 0 N–H and O–H groups in total. The van der Waals surface area contributed by atoms with Crippen LogP contribution in [0.3, 0.4) is 0 Å². The second-order valence-corrected chi connectivity index (χ2v) is 6.30. The molecule has 0 radical (unpaired) electrons. The summed E-state index contributed by atoms with van der Waals surface area (Å²) in [6.45, 7) is 2.82. The van der Waals surface area contributed by atoms with Crippen LogP contribution in [0.4, 0.5) is 5.82 Å². The number of rotatable bonds is 4. The molecule has 0 unspecified atom stereocenters. The number of pyridine rings is 1. The number of likely N-dealkylation sites (tertiary alicyclic amines) is 1. The van der Waals surface area contributed by atoms with E-state index in [2.05, 4.69) is 24.0 Å². The van der Waals surface area contributed by atoms with E-state index in [0.29, 0.717) is 11.5 Å². The Balaban J connectivity index is 1.92. The molecule has 21 heavy (non-hydrogen) atoms. The first-order chi connectivity index (χ1) is 9.97. The van der Waals surface area contributed by atoms with E-state index in [0.717, 1.165) is 38.3 Å². The average molecular weight is 290 g/mol. The minimum Gasteiger partial charge on any atom is -0.363 e. The number of hydrogen-bond donors (Lipinski definition) is 0. The van der Waals surface area contributed by atoms with Crippen molar-refractivity contribution in [2.45, 2.75) is 12.8 Å². The highest BCUT2D eigenvalue weighted by molar-refractivity contribution is 5.94. The smallest absolute Gasteiger partial charge is 0.255 e. The Morgan fingerprint density at radius 3 is 2.38 bits per heavy atom. The van der Waals surface area contributed by atoms with Crippen LogP contribution in [0.5, 0.6) is 0 Å². The second kappa shape index (κ2) is 6.89. The van der Waals surface area contributed by atoms with Crippen molar-refractivity contribution in [1.82, 2.24) is 14.8 Å². The Morgan fingerprint density at radius 1 is 1.24 bits per heavy atom. The summed E-state index contributed by atoms with van der Waals surface area (Å²) in [5.74, 6) is 1.69. The van der Waals surface area contributed by atoms with Gasteiger partial charge in [-0.1, -0.05) is 0 Å². The highest BCUT2D eigenvalue weighted by atomic mass is 16.2. The van der Waals surface area contributed by atoms with Crippen molar-refractivity contribution in [3.05, 3.63) is 23.9 Å². The number of hydrogen-bond acceptors (Lipinski definition) is 4. The van der Waals surface area contributed by atoms with E-state index in [1.165, 1.54) is 0 Å². The summed E-state index contributed by atoms with van der Waals surface area (Å²) in [5.41, 5.74) is 0.687. The number of nitrogens with zero attached hydrogens (tertiary/aromatic N) is 4. The van der Waals surface area contributed by atoms with Gasteiger partial charge in [0, 0.05) is 39.9 Å². The molecule has 5 nitrogen and oxygen atoms in total. The molecule has 0 saturated carbocycles. The number of piperidine rings is 1. The van der Waals surface area contributed by atoms with Gasteiger partial charge in [-0.25, -0.2) is 4.98 Å². The maximum absolute atomic E-state index is 12.5. The summed E-state index contributed by atoms with van der Waals surface area (Å²) in [7, 11) is 8.10. The molecule has 0 aliphatic carbocycles. The van der Waals surface area contributed by atoms with Crippen molar-refractivity contribution in [2.75, 3.05) is 52.7 Å². The van der Waals surface area contributed by atoms with Gasteiger partial charge in [0.25, 0.3) is 5.91 Å². The van der Waals surface area contributed by atoms with Gasteiger partial charge in [0.2, 0.25) is 0 Å². The van der Waals surface area contributed by atoms with Gasteiger partial charge in [-0.2, -0.15) is 0 Å². The Hall–Kier alpha value is -1.62. The minimum absolute atomic E-state index is 0.108. The number of carbonyl (C=O) groups excluding carboxylic acids is 1. The van der Waals surface area contributed by atoms with E-state index in [1.807, 2.05) is 36.0 Å². The first kappa shape index (κ1) is 15.8. The van der Waals surface area contributed by atoms with Crippen LogP contribution in [0, 0.1) is 5.92 Å². The molecular weight excluding hydrogens is 264 g/mol. The monoisotopic (exact) mass is 290 g/mol. The molecule has 1 fully saturated rings. The average Bonchev–Trinajstić information content (AvgIpc) is 2.47. The van der Waals surface area contributed by atoms with Gasteiger partial charge >= 0.3 is 0 Å². The number of aromatic nitrogens is 1. The molecular formula is C16H26N4O. The van der Waals surface area contributed by atoms with Crippen LogP contribution in [-0.4, -0.2) is 68.5 Å². The molecule has 0 aromatic carbocycles. The zero-order valence-corrected chi connectivity index (χ0v) is 13.5. The third kappa shape index (κ3) is 4.17. The lowest BCUT2D eigenvalue weighted by Crippen LogP contribution is -2.40. The SMILES string of the molecule is CN(C)CC1CCN(C(=O)c2ccc(N(C)C)nc2)CC1. The Labute approximate surface area is 127 Å². The summed E-state index contributed by atoms with van der Waals surface area (Å²) in [5, 5.41) is 0. The molecule has 2 rings (SSSR count). The Bertz CT molecular complexity index is 462. The lowest BCUT2D eigenvalue weighted by molar-refractivity contribution is 0.0677. The van der Waals surface area contributed by atoms with Crippen LogP contribution in [0.1, 0.15) is 23.2 Å². The molecule has 5 heteroatoms. The largest absolute Gasteiger partial charge is 0.363 e. The lowest BCUT2D eigenvalue weighted by atomic mass is 9.96. The topological polar surface area (TPSA) is 39.7 Å². The maximum atomic E-state index is 12.5. The molecule has 0 spiro atoms. The van der Waals surface area contributed by atoms with E-state index in [1.54, 1.807) is 6.20 Å². The van der Waals surface area contributed by atoms with Crippen LogP contribution >= 0.6 is 0 Å². The number of anilines is 1. The maximum Gasteiger partial charge on any atom is 0.255 e. The fraction of sp³-hybridized carbons (Fsp3) is 0.625. The van der Waals surface area contributed by atoms with E-state index in [4.69, 9.17) is 0 Å². The number of amides is 1. The Kier molecular flexibility index (Phi) is 5.17. The van der Waals surface area contributed by atoms with Crippen molar-refractivity contribution in [3.63, 3.8) is 0 Å². The molecule has 1 aromatic rings. The van der Waals surface area contributed by atoms with Crippen molar-refractivity contribution in [2.24, 2.45) is 5.92 Å². The summed E-state index contributed by atoms with van der Waals surface area (Å²) in [4.78, 5) is 22.9. The van der Waals surface area contributed by atoms with Gasteiger partial charge in [0.15, 0.2) is 0 Å². The first-order valence-electron chi connectivity index (χ1n) is 7.54. The predicted molar refractivity (Wildman–Crippen MR) is 85.7 cm³/mol. The summed E-state index contributed by atoms with van der Waals surface area (Å²) < 4.78 is 0. The summed E-state index contributed by atoms with van der Waals surface area (Å²) in [6.07, 6.45) is 3.86. The number of carbonyl (C=O) groups is 1. The zero-order chi connectivity index (χ0) is 15.4. The Morgan fingerprint density at radius 2 is 1.90 bits per heavy atom. The summed E-state index contributed by atoms with van der Waals surface area (Å²) in [6, 6.07) is 3.77. The predicted octanol–water partition coefficient (Wildman–Crippen LogP) is 1.56. The van der Waals surface area contributed by atoms with Crippen LogP contribution in [0.15, 0.2) is 18.3 Å². The molecule has 0 bridgehead atoms. The third-order valence-electron chi connectivity index (χ3n) is 3.98. The van der Waals surface area contributed by atoms with E-state index in [9.17, 15) is 4.79 Å². The molecule has 1 amide bonds. The molecule has 0 atom stereocenters. The fourth-order valence-electron chi connectivity index (χ4n) is 2.79. The van der Waals surface area contributed by atoms with Gasteiger partial charge in [0.1, 0.15) is 5.82 Å². The molecule has 1 aliphatic heterocycles. The van der Waals surface area contributed by atoms with Gasteiger partial charge < -0.3 is 14.7 Å². The van der Waals surface area contributed by atoms with Crippen LogP contribution in [0.2, 0.25) is 0 Å². The molecule has 1 saturated heterocycles. The first-order valence-corrected chi connectivity index (χ1v) is 7.54. The lowest BCUT2D eigenvalue weighted by Gasteiger charge is -2.33. The van der Waals surface area contributed by atoms with Gasteiger partial charge in [-0.05, 0) is 45.0 Å².